The Balaban J connectivity index is 3.50. The lowest BCUT2D eigenvalue weighted by atomic mass is 10.0. The summed E-state index contributed by atoms with van der Waals surface area (Å²) in [5.41, 5.74) is 0. The van der Waals surface area contributed by atoms with Gasteiger partial charge >= 0.3 is 0 Å². The fraction of sp³-hybridized carbons (Fsp3) is 0.899. The third kappa shape index (κ3) is 59.8. The molecule has 0 aromatic carbocycles. The fourth-order valence-electron chi connectivity index (χ4n) is 10.8. The van der Waals surface area contributed by atoms with Crippen molar-refractivity contribution in [1.82, 2.24) is 5.32 Å². The van der Waals surface area contributed by atoms with E-state index in [0.29, 0.717) is 6.42 Å². The molecule has 0 fully saturated rings. The van der Waals surface area contributed by atoms with Crippen molar-refractivity contribution in [2.24, 2.45) is 0 Å². The highest BCUT2D eigenvalue weighted by Crippen LogP contribution is 2.19. The monoisotopic (exact) mass is 1040 g/mol. The van der Waals surface area contributed by atoms with Crippen LogP contribution in [0.1, 0.15) is 373 Å². The average molecular weight is 1040 g/mol. The van der Waals surface area contributed by atoms with E-state index in [1.165, 1.54) is 315 Å². The van der Waals surface area contributed by atoms with Crippen LogP contribution in [0.5, 0.6) is 0 Å². The molecule has 0 saturated carbocycles. The number of aliphatic hydroxyl groups is 3. The van der Waals surface area contributed by atoms with Crippen LogP contribution in [0.2, 0.25) is 0 Å². The Bertz CT molecular complexity index is 1150. The second kappa shape index (κ2) is 64.1. The van der Waals surface area contributed by atoms with Crippen molar-refractivity contribution in [3.05, 3.63) is 36.5 Å². The van der Waals surface area contributed by atoms with Crippen molar-refractivity contribution >= 4 is 5.91 Å². The van der Waals surface area contributed by atoms with E-state index in [2.05, 4.69) is 43.5 Å². The number of nitrogens with one attached hydrogen (secondary N) is 1. The zero-order valence-electron chi connectivity index (χ0n) is 50.3. The Labute approximate surface area is 464 Å². The molecule has 0 heterocycles. The Morgan fingerprint density at radius 3 is 0.865 bits per heavy atom. The summed E-state index contributed by atoms with van der Waals surface area (Å²) >= 11 is 0. The quantitative estimate of drug-likeness (QED) is 0.0361. The van der Waals surface area contributed by atoms with Gasteiger partial charge in [0.15, 0.2) is 0 Å². The molecule has 4 N–H and O–H groups in total. The van der Waals surface area contributed by atoms with Crippen LogP contribution in [0.3, 0.4) is 0 Å². The second-order valence-corrected chi connectivity index (χ2v) is 23.4. The van der Waals surface area contributed by atoms with E-state index < -0.39 is 18.2 Å². The molecule has 0 spiro atoms. The molecule has 0 aliphatic rings. The summed E-state index contributed by atoms with van der Waals surface area (Å²) in [5.74, 6) is -0.319. The Hall–Kier alpha value is -1.43. The molecule has 0 saturated heterocycles. The first-order valence-electron chi connectivity index (χ1n) is 33.8. The number of allylic oxidation sites excluding steroid dienone is 5. The number of amides is 1. The van der Waals surface area contributed by atoms with Gasteiger partial charge in [-0.25, -0.2) is 0 Å². The van der Waals surface area contributed by atoms with Crippen LogP contribution >= 0.6 is 0 Å². The zero-order chi connectivity index (χ0) is 53.6. The van der Waals surface area contributed by atoms with Crippen LogP contribution in [0, 0.1) is 0 Å². The number of hydrogen-bond donors (Lipinski definition) is 4. The smallest absolute Gasteiger partial charge is 0.222 e. The van der Waals surface area contributed by atoms with Gasteiger partial charge in [0.2, 0.25) is 5.91 Å². The molecule has 5 heteroatoms. The SMILES string of the molecule is CCCCCCCCCCCCCCCCCC/C=C/CC/C=C/C(O)C(CO)NC(=O)CC(O)CCCCCCCCCCCCCCCCC/C=C\CCCCCCCCCCCCCCCCCCCC. The van der Waals surface area contributed by atoms with E-state index in [1.54, 1.807) is 6.08 Å². The third-order valence-electron chi connectivity index (χ3n) is 15.9. The molecule has 1 amide bonds. The van der Waals surface area contributed by atoms with Crippen molar-refractivity contribution in [3.8, 4) is 0 Å². The first kappa shape index (κ1) is 72.6. The highest BCUT2D eigenvalue weighted by Gasteiger charge is 2.20. The van der Waals surface area contributed by atoms with Gasteiger partial charge in [-0.15, -0.1) is 0 Å². The first-order chi connectivity index (χ1) is 36.5. The summed E-state index contributed by atoms with van der Waals surface area (Å²) in [6, 6.07) is -0.762. The minimum atomic E-state index is -0.953. The maximum atomic E-state index is 12.6. The molecule has 0 aromatic heterocycles. The second-order valence-electron chi connectivity index (χ2n) is 23.4. The van der Waals surface area contributed by atoms with E-state index >= 15 is 0 Å². The molecule has 3 unspecified atom stereocenters. The van der Waals surface area contributed by atoms with Gasteiger partial charge in [0.05, 0.1) is 31.3 Å². The predicted molar refractivity (Wildman–Crippen MR) is 328 cm³/mol. The summed E-state index contributed by atoms with van der Waals surface area (Å²) in [6.45, 7) is 4.25. The predicted octanol–water partition coefficient (Wildman–Crippen LogP) is 21.7. The van der Waals surface area contributed by atoms with Crippen molar-refractivity contribution in [3.63, 3.8) is 0 Å². The van der Waals surface area contributed by atoms with Gasteiger partial charge in [0, 0.05) is 0 Å². The number of carbonyl (C=O) groups is 1. The molecular formula is C69H133NO4. The normalized spacial score (nSPS) is 13.3. The molecule has 0 aliphatic heterocycles. The number of hydrogen-bond acceptors (Lipinski definition) is 4. The van der Waals surface area contributed by atoms with Crippen molar-refractivity contribution < 1.29 is 20.1 Å². The van der Waals surface area contributed by atoms with Crippen LogP contribution in [0.25, 0.3) is 0 Å². The van der Waals surface area contributed by atoms with E-state index in [-0.39, 0.29) is 18.9 Å². The molecular weight excluding hydrogens is 907 g/mol. The van der Waals surface area contributed by atoms with Gasteiger partial charge in [-0.1, -0.05) is 346 Å². The number of aliphatic hydroxyl groups excluding tert-OH is 3. The Morgan fingerprint density at radius 1 is 0.338 bits per heavy atom. The van der Waals surface area contributed by atoms with Gasteiger partial charge in [0.25, 0.3) is 0 Å². The maximum absolute atomic E-state index is 12.6. The minimum absolute atomic E-state index is 0.00836. The summed E-state index contributed by atoms with van der Waals surface area (Å²) < 4.78 is 0. The van der Waals surface area contributed by atoms with E-state index in [9.17, 15) is 20.1 Å². The third-order valence-corrected chi connectivity index (χ3v) is 15.9. The lowest BCUT2D eigenvalue weighted by Crippen LogP contribution is -2.45. The first-order valence-corrected chi connectivity index (χ1v) is 33.8. The number of carbonyl (C=O) groups excluding carboxylic acids is 1. The van der Waals surface area contributed by atoms with E-state index in [4.69, 9.17) is 0 Å². The molecule has 0 aromatic rings. The van der Waals surface area contributed by atoms with Crippen LogP contribution in [-0.4, -0.2) is 46.1 Å². The van der Waals surface area contributed by atoms with Crippen LogP contribution in [0.15, 0.2) is 36.5 Å². The Morgan fingerprint density at radius 2 is 0.581 bits per heavy atom. The summed E-state index contributed by atoms with van der Waals surface area (Å²) in [6.07, 6.45) is 85.4. The van der Waals surface area contributed by atoms with E-state index in [0.717, 1.165) is 32.1 Å². The van der Waals surface area contributed by atoms with Crippen LogP contribution in [-0.2, 0) is 4.79 Å². The summed E-state index contributed by atoms with van der Waals surface area (Å²) in [4.78, 5) is 12.6. The average Bonchev–Trinajstić information content (AvgIpc) is 3.40. The topological polar surface area (TPSA) is 89.8 Å². The standard InChI is InChI=1S/C69H133NO4/c1-3-5-7-9-11-13-15-17-19-21-23-25-27-28-29-30-31-32-33-34-35-36-37-38-39-40-41-42-44-46-48-50-52-54-56-58-60-62-66(72)64-69(74)70-67(65-71)68(73)63-61-59-57-55-53-51-49-47-45-43-26-24-22-20-18-16-14-12-10-8-6-4-2/h34-35,53,55,61,63,66-68,71-73H,3-33,36-52,54,56-60,62,64-65H2,1-2H3,(H,70,74)/b35-34-,55-53+,63-61+. The Kier molecular flexibility index (Phi) is 62.9. The molecule has 0 rings (SSSR count). The lowest BCUT2D eigenvalue weighted by Gasteiger charge is -2.21. The molecule has 3 atom stereocenters. The highest BCUT2D eigenvalue weighted by atomic mass is 16.3. The van der Waals surface area contributed by atoms with E-state index in [1.807, 2.05) is 6.08 Å². The van der Waals surface area contributed by atoms with Crippen LogP contribution < -0.4 is 5.32 Å². The largest absolute Gasteiger partial charge is 0.394 e. The molecule has 438 valence electrons. The van der Waals surface area contributed by atoms with Gasteiger partial charge in [-0.2, -0.15) is 0 Å². The fourth-order valence-corrected chi connectivity index (χ4v) is 10.8. The molecule has 0 bridgehead atoms. The number of unbranched alkanes of at least 4 members (excludes halogenated alkanes) is 50. The van der Waals surface area contributed by atoms with Gasteiger partial charge in [0.1, 0.15) is 0 Å². The van der Waals surface area contributed by atoms with Gasteiger partial charge < -0.3 is 20.6 Å². The molecule has 74 heavy (non-hydrogen) atoms. The number of rotatable bonds is 63. The van der Waals surface area contributed by atoms with Gasteiger partial charge in [-0.3, -0.25) is 4.79 Å². The summed E-state index contributed by atoms with van der Waals surface area (Å²) in [5, 5.41) is 33.5. The lowest BCUT2D eigenvalue weighted by molar-refractivity contribution is -0.124. The van der Waals surface area contributed by atoms with Crippen molar-refractivity contribution in [2.45, 2.75) is 392 Å². The summed E-state index contributed by atoms with van der Waals surface area (Å²) in [7, 11) is 0. The van der Waals surface area contributed by atoms with Crippen molar-refractivity contribution in [2.75, 3.05) is 6.61 Å². The highest BCUT2D eigenvalue weighted by molar-refractivity contribution is 5.76. The van der Waals surface area contributed by atoms with Crippen LogP contribution in [0.4, 0.5) is 0 Å². The molecule has 0 aliphatic carbocycles. The van der Waals surface area contributed by atoms with Gasteiger partial charge in [-0.05, 0) is 57.8 Å². The minimum Gasteiger partial charge on any atom is -0.394 e. The molecule has 5 nitrogen and oxygen atoms in total. The van der Waals surface area contributed by atoms with Crippen molar-refractivity contribution in [1.29, 1.82) is 0 Å². The zero-order valence-corrected chi connectivity index (χ0v) is 50.3. The maximum Gasteiger partial charge on any atom is 0.222 e. The molecule has 0 radical (unpaired) electrons.